The SMILES string of the molecule is CON1C(=O)n2c(C#C[Si](C(C)C)(C(C)C)C(C)C)cc3cccc(c32)C12C(=O)N(C)c1ccccc12. The van der Waals surface area contributed by atoms with E-state index in [-0.39, 0.29) is 5.91 Å². The number of carbonyl (C=O) groups excluding carboxylic acids is 2. The third kappa shape index (κ3) is 3.09. The van der Waals surface area contributed by atoms with Gasteiger partial charge in [-0.05, 0) is 28.8 Å². The van der Waals surface area contributed by atoms with E-state index in [0.717, 1.165) is 27.7 Å². The van der Waals surface area contributed by atoms with Gasteiger partial charge in [0.25, 0.3) is 5.91 Å². The molecule has 2 aliphatic rings. The van der Waals surface area contributed by atoms with Gasteiger partial charge in [0.2, 0.25) is 5.54 Å². The average molecular weight is 514 g/mol. The van der Waals surface area contributed by atoms with Crippen LogP contribution in [0.1, 0.15) is 58.4 Å². The smallest absolute Gasteiger partial charge is 0.312 e. The molecule has 0 fully saturated rings. The average Bonchev–Trinajstić information content (AvgIpc) is 3.33. The molecule has 3 aromatic rings. The lowest BCUT2D eigenvalue weighted by Crippen LogP contribution is -2.58. The van der Waals surface area contributed by atoms with Gasteiger partial charge in [0.05, 0.1) is 12.6 Å². The Balaban J connectivity index is 1.83. The Morgan fingerprint density at radius 2 is 1.51 bits per heavy atom. The maximum absolute atomic E-state index is 14.2. The van der Waals surface area contributed by atoms with Gasteiger partial charge in [-0.1, -0.05) is 83.9 Å². The molecule has 7 heteroatoms. The lowest BCUT2D eigenvalue weighted by molar-refractivity contribution is -0.165. The number of benzene rings is 2. The Kier molecular flexibility index (Phi) is 5.89. The molecule has 0 radical (unpaired) electrons. The number of carbonyl (C=O) groups is 2. The van der Waals surface area contributed by atoms with Crippen molar-refractivity contribution in [2.75, 3.05) is 19.1 Å². The summed E-state index contributed by atoms with van der Waals surface area (Å²) in [5, 5.41) is 2.12. The van der Waals surface area contributed by atoms with Gasteiger partial charge in [-0.15, -0.1) is 5.54 Å². The molecule has 3 heterocycles. The molecule has 2 amide bonds. The van der Waals surface area contributed by atoms with Gasteiger partial charge in [-0.2, -0.15) is 5.06 Å². The van der Waals surface area contributed by atoms with Crippen LogP contribution in [0.3, 0.4) is 0 Å². The van der Waals surface area contributed by atoms with Crippen molar-refractivity contribution in [1.82, 2.24) is 9.63 Å². The Morgan fingerprint density at radius 1 is 0.892 bits per heavy atom. The number of hydrogen-bond acceptors (Lipinski definition) is 3. The van der Waals surface area contributed by atoms with Crippen molar-refractivity contribution >= 4 is 36.6 Å². The van der Waals surface area contributed by atoms with E-state index in [2.05, 4.69) is 53.0 Å². The van der Waals surface area contributed by atoms with Crippen molar-refractivity contribution in [2.24, 2.45) is 0 Å². The molecule has 6 nitrogen and oxygen atoms in total. The molecule has 2 aromatic carbocycles. The number of fused-ring (bicyclic) bond motifs is 3. The summed E-state index contributed by atoms with van der Waals surface area (Å²) in [5.74, 6) is 3.25. The number of anilines is 1. The van der Waals surface area contributed by atoms with Crippen molar-refractivity contribution in [1.29, 1.82) is 0 Å². The van der Waals surface area contributed by atoms with Crippen molar-refractivity contribution in [2.45, 2.75) is 63.7 Å². The summed E-state index contributed by atoms with van der Waals surface area (Å²) < 4.78 is 1.64. The second kappa shape index (κ2) is 8.61. The molecule has 37 heavy (non-hydrogen) atoms. The minimum absolute atomic E-state index is 0.220. The zero-order chi connectivity index (χ0) is 26.9. The molecule has 2 aliphatic heterocycles. The minimum Gasteiger partial charge on any atom is -0.312 e. The van der Waals surface area contributed by atoms with Crippen LogP contribution in [0.2, 0.25) is 16.6 Å². The fourth-order valence-corrected chi connectivity index (χ4v) is 12.2. The Labute approximate surface area is 220 Å². The fourth-order valence-electron chi connectivity index (χ4n) is 7.00. The first-order chi connectivity index (χ1) is 17.5. The molecule has 1 aromatic heterocycles. The van der Waals surface area contributed by atoms with Crippen molar-refractivity contribution in [3.8, 4) is 11.5 Å². The van der Waals surface area contributed by atoms with Gasteiger partial charge >= 0.3 is 6.03 Å². The maximum atomic E-state index is 14.2. The number of aromatic nitrogens is 1. The van der Waals surface area contributed by atoms with Crippen LogP contribution < -0.4 is 4.90 Å². The summed E-state index contributed by atoms with van der Waals surface area (Å²) in [7, 11) is 1.16. The topological polar surface area (TPSA) is 54.8 Å². The van der Waals surface area contributed by atoms with Gasteiger partial charge in [0.1, 0.15) is 13.8 Å². The molecule has 1 atom stereocenters. The number of rotatable bonds is 4. The zero-order valence-electron chi connectivity index (χ0n) is 22.9. The van der Waals surface area contributed by atoms with E-state index in [0.29, 0.717) is 22.3 Å². The summed E-state index contributed by atoms with van der Waals surface area (Å²) in [6.45, 7) is 13.7. The Hall–Kier alpha value is -3.34. The van der Waals surface area contributed by atoms with Gasteiger partial charge < -0.3 is 4.90 Å². The van der Waals surface area contributed by atoms with Gasteiger partial charge in [-0.25, -0.2) is 4.79 Å². The van der Waals surface area contributed by atoms with E-state index in [1.54, 1.807) is 16.5 Å². The lowest BCUT2D eigenvalue weighted by atomic mass is 9.81. The van der Waals surface area contributed by atoms with E-state index >= 15 is 0 Å². The second-order valence-electron chi connectivity index (χ2n) is 11.1. The van der Waals surface area contributed by atoms with Gasteiger partial charge in [0.15, 0.2) is 0 Å². The molecular weight excluding hydrogens is 478 g/mol. The summed E-state index contributed by atoms with van der Waals surface area (Å²) in [6.07, 6.45) is 0. The molecule has 0 bridgehead atoms. The highest BCUT2D eigenvalue weighted by Gasteiger charge is 2.61. The number of likely N-dealkylation sites (N-methyl/N-ethyl adjacent to an activating group) is 1. The highest BCUT2D eigenvalue weighted by atomic mass is 28.3. The van der Waals surface area contributed by atoms with E-state index < -0.39 is 19.6 Å². The van der Waals surface area contributed by atoms with Crippen molar-refractivity contribution < 1.29 is 14.4 Å². The first-order valence-electron chi connectivity index (χ1n) is 13.0. The highest BCUT2D eigenvalue weighted by molar-refractivity contribution is 6.90. The van der Waals surface area contributed by atoms with Gasteiger partial charge in [-0.3, -0.25) is 14.2 Å². The molecule has 1 spiro atoms. The standard InChI is InChI=1S/C30H35N3O3Si/c1-19(2)37(20(3)4,21(5)6)17-16-23-18-22-12-11-14-25-27(22)32(23)29(35)33(36-8)30(25)24-13-9-10-15-26(24)31(7)28(30)34/h9-15,18-21H,1-8H3. The van der Waals surface area contributed by atoms with E-state index in [1.807, 2.05) is 48.5 Å². The number of hydrogen-bond donors (Lipinski definition) is 0. The number of para-hydroxylation sites is 2. The van der Waals surface area contributed by atoms with Crippen LogP contribution in [-0.4, -0.2) is 43.8 Å². The first kappa shape index (κ1) is 25.3. The highest BCUT2D eigenvalue weighted by Crippen LogP contribution is 2.52. The molecule has 0 N–H and O–H groups in total. The summed E-state index contributed by atoms with van der Waals surface area (Å²) in [5.41, 5.74) is 7.34. The minimum atomic E-state index is -2.03. The third-order valence-electron chi connectivity index (χ3n) is 8.61. The van der Waals surface area contributed by atoms with Crippen LogP contribution in [0.5, 0.6) is 0 Å². The largest absolute Gasteiger partial charge is 0.355 e. The molecule has 0 saturated heterocycles. The van der Waals surface area contributed by atoms with Crippen LogP contribution in [0, 0.1) is 11.5 Å². The fraction of sp³-hybridized carbons (Fsp3) is 0.400. The normalized spacial score (nSPS) is 19.0. The zero-order valence-corrected chi connectivity index (χ0v) is 23.9. The quantitative estimate of drug-likeness (QED) is 0.305. The number of hydroxylamine groups is 2. The van der Waals surface area contributed by atoms with Crippen LogP contribution in [0.15, 0.2) is 48.5 Å². The molecular formula is C30H35N3O3Si. The molecule has 1 unspecified atom stereocenters. The molecule has 0 saturated carbocycles. The second-order valence-corrected chi connectivity index (χ2v) is 16.7. The molecule has 0 aliphatic carbocycles. The maximum Gasteiger partial charge on any atom is 0.355 e. The lowest BCUT2D eigenvalue weighted by Gasteiger charge is -2.41. The van der Waals surface area contributed by atoms with Crippen LogP contribution in [0.4, 0.5) is 10.5 Å². The Morgan fingerprint density at radius 3 is 2.14 bits per heavy atom. The van der Waals surface area contributed by atoms with Crippen molar-refractivity contribution in [3.63, 3.8) is 0 Å². The Bertz CT molecular complexity index is 1470. The van der Waals surface area contributed by atoms with Crippen LogP contribution >= 0.6 is 0 Å². The number of nitrogens with zero attached hydrogens (tertiary/aromatic N) is 3. The van der Waals surface area contributed by atoms with Crippen LogP contribution in [-0.2, 0) is 15.2 Å². The van der Waals surface area contributed by atoms with Crippen LogP contribution in [0.25, 0.3) is 10.9 Å². The van der Waals surface area contributed by atoms with Crippen molar-refractivity contribution in [3.05, 3.63) is 65.4 Å². The van der Waals surface area contributed by atoms with E-state index in [4.69, 9.17) is 4.84 Å². The third-order valence-corrected chi connectivity index (χ3v) is 14.9. The van der Waals surface area contributed by atoms with E-state index in [9.17, 15) is 9.59 Å². The van der Waals surface area contributed by atoms with E-state index in [1.165, 1.54) is 12.2 Å². The summed E-state index contributed by atoms with van der Waals surface area (Å²) in [6, 6.07) is 15.0. The monoisotopic (exact) mass is 513 g/mol. The first-order valence-corrected chi connectivity index (χ1v) is 15.2. The predicted molar refractivity (Wildman–Crippen MR) is 150 cm³/mol. The summed E-state index contributed by atoms with van der Waals surface area (Å²) >= 11 is 0. The van der Waals surface area contributed by atoms with Gasteiger partial charge in [0, 0.05) is 29.2 Å². The molecule has 5 rings (SSSR count). The predicted octanol–water partition coefficient (Wildman–Crippen LogP) is 6.28. The summed E-state index contributed by atoms with van der Waals surface area (Å²) in [4.78, 5) is 35.6. The molecule has 192 valence electrons. The number of amides is 2.